The molecule has 0 aliphatic carbocycles. The van der Waals surface area contributed by atoms with Gasteiger partial charge in [-0.25, -0.2) is 0 Å². The second kappa shape index (κ2) is 8.15. The standard InChI is InChI=1S/C19H23N3O2/c1-13-6-5-7-14(2)19(13)22-18(24)12-21-17(23)11-10-15-8-3-4-9-16(15)20/h3-9H,10-12,20H2,1-2H3,(H,21,23)(H,22,24). The van der Waals surface area contributed by atoms with E-state index in [1.165, 1.54) is 0 Å². The van der Waals surface area contributed by atoms with E-state index >= 15 is 0 Å². The van der Waals surface area contributed by atoms with E-state index in [9.17, 15) is 9.59 Å². The maximum absolute atomic E-state index is 12.0. The van der Waals surface area contributed by atoms with Crippen LogP contribution in [-0.4, -0.2) is 18.4 Å². The Bertz CT molecular complexity index is 721. The van der Waals surface area contributed by atoms with E-state index in [1.54, 1.807) is 0 Å². The van der Waals surface area contributed by atoms with Crippen LogP contribution in [0.3, 0.4) is 0 Å². The Hall–Kier alpha value is -2.82. The van der Waals surface area contributed by atoms with Crippen LogP contribution >= 0.6 is 0 Å². The first-order valence-corrected chi connectivity index (χ1v) is 7.93. The second-order valence-electron chi connectivity index (χ2n) is 5.79. The van der Waals surface area contributed by atoms with Crippen molar-refractivity contribution >= 4 is 23.2 Å². The number of rotatable bonds is 6. The fraction of sp³-hybridized carbons (Fsp3) is 0.263. The maximum atomic E-state index is 12.0. The number of hydrogen-bond donors (Lipinski definition) is 3. The van der Waals surface area contributed by atoms with Crippen LogP contribution in [0.2, 0.25) is 0 Å². The first kappa shape index (κ1) is 17.5. The van der Waals surface area contributed by atoms with Crippen molar-refractivity contribution in [3.05, 3.63) is 59.2 Å². The maximum Gasteiger partial charge on any atom is 0.243 e. The van der Waals surface area contributed by atoms with E-state index in [0.29, 0.717) is 18.5 Å². The lowest BCUT2D eigenvalue weighted by molar-refractivity contribution is -0.124. The molecular formula is C19H23N3O2. The lowest BCUT2D eigenvalue weighted by Crippen LogP contribution is -2.33. The Morgan fingerprint density at radius 3 is 2.29 bits per heavy atom. The molecule has 4 N–H and O–H groups in total. The van der Waals surface area contributed by atoms with Crippen LogP contribution in [0.1, 0.15) is 23.1 Å². The highest BCUT2D eigenvalue weighted by molar-refractivity contribution is 5.95. The monoisotopic (exact) mass is 325 g/mol. The van der Waals surface area contributed by atoms with Crippen molar-refractivity contribution in [2.75, 3.05) is 17.6 Å². The zero-order valence-electron chi connectivity index (χ0n) is 14.1. The van der Waals surface area contributed by atoms with Crippen molar-refractivity contribution < 1.29 is 9.59 Å². The van der Waals surface area contributed by atoms with Gasteiger partial charge in [-0.1, -0.05) is 36.4 Å². The number of nitrogens with two attached hydrogens (primary N) is 1. The molecule has 0 saturated heterocycles. The Morgan fingerprint density at radius 1 is 0.958 bits per heavy atom. The van der Waals surface area contributed by atoms with E-state index in [2.05, 4.69) is 10.6 Å². The smallest absolute Gasteiger partial charge is 0.243 e. The largest absolute Gasteiger partial charge is 0.399 e. The average Bonchev–Trinajstić information content (AvgIpc) is 2.56. The Kier molecular flexibility index (Phi) is 5.95. The molecule has 2 rings (SSSR count). The number of nitrogens with one attached hydrogen (secondary N) is 2. The number of amides is 2. The van der Waals surface area contributed by atoms with Gasteiger partial charge < -0.3 is 16.4 Å². The Balaban J connectivity index is 1.79. The number of hydrogen-bond acceptors (Lipinski definition) is 3. The van der Waals surface area contributed by atoms with Crippen molar-refractivity contribution in [2.24, 2.45) is 0 Å². The highest BCUT2D eigenvalue weighted by atomic mass is 16.2. The number of para-hydroxylation sites is 2. The first-order chi connectivity index (χ1) is 11.5. The third-order valence-electron chi connectivity index (χ3n) is 3.87. The predicted octanol–water partition coefficient (Wildman–Crippen LogP) is 2.57. The molecule has 0 saturated carbocycles. The molecule has 0 unspecified atom stereocenters. The molecule has 126 valence electrons. The summed E-state index contributed by atoms with van der Waals surface area (Å²) >= 11 is 0. The molecule has 0 aromatic heterocycles. The summed E-state index contributed by atoms with van der Waals surface area (Å²) in [6.45, 7) is 3.83. The van der Waals surface area contributed by atoms with Crippen molar-refractivity contribution in [1.29, 1.82) is 0 Å². The van der Waals surface area contributed by atoms with Gasteiger partial charge in [0.2, 0.25) is 11.8 Å². The molecule has 2 aromatic rings. The van der Waals surface area contributed by atoms with Gasteiger partial charge in [0.25, 0.3) is 0 Å². The molecule has 0 atom stereocenters. The minimum Gasteiger partial charge on any atom is -0.399 e. The molecule has 2 aromatic carbocycles. The lowest BCUT2D eigenvalue weighted by atomic mass is 10.1. The summed E-state index contributed by atoms with van der Waals surface area (Å²) in [4.78, 5) is 23.9. The van der Waals surface area contributed by atoms with Crippen LogP contribution in [0.25, 0.3) is 0 Å². The number of anilines is 2. The van der Waals surface area contributed by atoms with E-state index in [1.807, 2.05) is 56.3 Å². The average molecular weight is 325 g/mol. The highest BCUT2D eigenvalue weighted by Crippen LogP contribution is 2.19. The topological polar surface area (TPSA) is 84.2 Å². The fourth-order valence-electron chi connectivity index (χ4n) is 2.47. The molecule has 5 nitrogen and oxygen atoms in total. The van der Waals surface area contributed by atoms with Gasteiger partial charge in [-0.3, -0.25) is 9.59 Å². The minimum atomic E-state index is -0.236. The summed E-state index contributed by atoms with van der Waals surface area (Å²) < 4.78 is 0. The van der Waals surface area contributed by atoms with Crippen LogP contribution in [0.15, 0.2) is 42.5 Å². The van der Waals surface area contributed by atoms with Gasteiger partial charge in [0.05, 0.1) is 6.54 Å². The van der Waals surface area contributed by atoms with Crippen LogP contribution in [0, 0.1) is 13.8 Å². The molecule has 2 amide bonds. The van der Waals surface area contributed by atoms with Crippen LogP contribution in [0.5, 0.6) is 0 Å². The highest BCUT2D eigenvalue weighted by Gasteiger charge is 2.09. The summed E-state index contributed by atoms with van der Waals surface area (Å²) in [6.07, 6.45) is 0.849. The summed E-state index contributed by atoms with van der Waals surface area (Å²) in [7, 11) is 0. The van der Waals surface area contributed by atoms with Crippen LogP contribution in [-0.2, 0) is 16.0 Å². The zero-order chi connectivity index (χ0) is 17.5. The van der Waals surface area contributed by atoms with Gasteiger partial charge in [-0.15, -0.1) is 0 Å². The molecule has 0 aliphatic rings. The Morgan fingerprint density at radius 2 is 1.62 bits per heavy atom. The van der Waals surface area contributed by atoms with Gasteiger partial charge in [-0.2, -0.15) is 0 Å². The molecule has 0 radical (unpaired) electrons. The molecule has 0 heterocycles. The number of nitrogen functional groups attached to an aromatic ring is 1. The van der Waals surface area contributed by atoms with Crippen molar-refractivity contribution in [3.8, 4) is 0 Å². The number of carbonyl (C=O) groups excluding carboxylic acids is 2. The van der Waals surface area contributed by atoms with Crippen LogP contribution < -0.4 is 16.4 Å². The van der Waals surface area contributed by atoms with Crippen molar-refractivity contribution in [2.45, 2.75) is 26.7 Å². The summed E-state index contributed by atoms with van der Waals surface area (Å²) in [5, 5.41) is 5.48. The third kappa shape index (κ3) is 4.84. The van der Waals surface area contributed by atoms with Gasteiger partial charge in [0.15, 0.2) is 0 Å². The molecule has 0 fully saturated rings. The lowest BCUT2D eigenvalue weighted by Gasteiger charge is -2.12. The number of carbonyl (C=O) groups is 2. The molecule has 0 aliphatic heterocycles. The summed E-state index contributed by atoms with van der Waals surface area (Å²) in [5.74, 6) is -0.408. The first-order valence-electron chi connectivity index (χ1n) is 7.93. The predicted molar refractivity (Wildman–Crippen MR) is 96.7 cm³/mol. The van der Waals surface area contributed by atoms with Crippen LogP contribution in [0.4, 0.5) is 11.4 Å². The van der Waals surface area contributed by atoms with E-state index in [-0.39, 0.29) is 18.4 Å². The molecular weight excluding hydrogens is 302 g/mol. The SMILES string of the molecule is Cc1cccc(C)c1NC(=O)CNC(=O)CCc1ccccc1N. The van der Waals surface area contributed by atoms with Gasteiger partial charge in [0, 0.05) is 17.8 Å². The second-order valence-corrected chi connectivity index (χ2v) is 5.79. The summed E-state index contributed by atoms with van der Waals surface area (Å²) in [5.41, 5.74) is 10.3. The fourth-order valence-corrected chi connectivity index (χ4v) is 2.47. The van der Waals surface area contributed by atoms with E-state index in [4.69, 9.17) is 5.73 Å². The van der Waals surface area contributed by atoms with Gasteiger partial charge in [-0.05, 0) is 43.0 Å². The minimum absolute atomic E-state index is 0.0448. The molecule has 5 heteroatoms. The van der Waals surface area contributed by atoms with Gasteiger partial charge in [0.1, 0.15) is 0 Å². The normalized spacial score (nSPS) is 10.2. The summed E-state index contributed by atoms with van der Waals surface area (Å²) in [6, 6.07) is 13.3. The number of benzene rings is 2. The quantitative estimate of drug-likeness (QED) is 0.714. The van der Waals surface area contributed by atoms with Gasteiger partial charge >= 0.3 is 0 Å². The third-order valence-corrected chi connectivity index (χ3v) is 3.87. The molecule has 24 heavy (non-hydrogen) atoms. The zero-order valence-corrected chi connectivity index (χ0v) is 14.1. The van der Waals surface area contributed by atoms with Crippen molar-refractivity contribution in [1.82, 2.24) is 5.32 Å². The molecule has 0 spiro atoms. The van der Waals surface area contributed by atoms with E-state index in [0.717, 1.165) is 22.4 Å². The van der Waals surface area contributed by atoms with Crippen molar-refractivity contribution in [3.63, 3.8) is 0 Å². The Labute approximate surface area is 142 Å². The van der Waals surface area contributed by atoms with E-state index < -0.39 is 0 Å². The molecule has 0 bridgehead atoms. The number of aryl methyl sites for hydroxylation is 3.